The van der Waals surface area contributed by atoms with Crippen LogP contribution in [0, 0.1) is 0 Å². The van der Waals surface area contributed by atoms with Gasteiger partial charge < -0.3 is 14.7 Å². The Morgan fingerprint density at radius 3 is 3.00 bits per heavy atom. The number of nitrogens with zero attached hydrogens (tertiary/aromatic N) is 1. The SMILES string of the molecule is CC1=CC(=O)N2CCc3c([nH]c4ccccc34)C12CC=O. The summed E-state index contributed by atoms with van der Waals surface area (Å²) in [5, 5.41) is 1.20. The second-order valence-electron chi connectivity index (χ2n) is 5.82. The van der Waals surface area contributed by atoms with E-state index >= 15 is 0 Å². The summed E-state index contributed by atoms with van der Waals surface area (Å²) in [4.78, 5) is 28.9. The molecule has 3 heterocycles. The molecule has 0 fully saturated rings. The van der Waals surface area contributed by atoms with Gasteiger partial charge in [-0.3, -0.25) is 4.79 Å². The summed E-state index contributed by atoms with van der Waals surface area (Å²) in [6, 6.07) is 8.17. The third-order valence-corrected chi connectivity index (χ3v) is 4.91. The molecule has 0 saturated carbocycles. The van der Waals surface area contributed by atoms with E-state index in [4.69, 9.17) is 0 Å². The molecule has 0 radical (unpaired) electrons. The monoisotopic (exact) mass is 280 g/mol. The first-order valence-electron chi connectivity index (χ1n) is 7.22. The molecule has 0 aliphatic carbocycles. The first kappa shape index (κ1) is 12.4. The number of hydrogen-bond donors (Lipinski definition) is 1. The minimum Gasteiger partial charge on any atom is -0.356 e. The molecule has 1 N–H and O–H groups in total. The van der Waals surface area contributed by atoms with E-state index in [0.29, 0.717) is 13.0 Å². The van der Waals surface area contributed by atoms with Crippen LogP contribution in [0.2, 0.25) is 0 Å². The molecule has 4 heteroatoms. The molecule has 2 aromatic rings. The van der Waals surface area contributed by atoms with E-state index < -0.39 is 5.54 Å². The first-order valence-corrected chi connectivity index (χ1v) is 7.22. The third kappa shape index (κ3) is 1.39. The highest BCUT2D eigenvalue weighted by Crippen LogP contribution is 2.48. The molecule has 1 amide bonds. The molecule has 4 rings (SSSR count). The number of aromatic amines is 1. The van der Waals surface area contributed by atoms with E-state index in [9.17, 15) is 9.59 Å². The number of benzene rings is 1. The largest absolute Gasteiger partial charge is 0.356 e. The minimum absolute atomic E-state index is 0.0126. The molecular formula is C17H16N2O2. The summed E-state index contributed by atoms with van der Waals surface area (Å²) < 4.78 is 0. The van der Waals surface area contributed by atoms with Gasteiger partial charge in [0.05, 0.1) is 5.69 Å². The normalized spacial score (nSPS) is 24.0. The number of H-pyrrole nitrogens is 1. The number of fused-ring (bicyclic) bond motifs is 5. The Kier molecular flexibility index (Phi) is 2.40. The molecule has 0 saturated heterocycles. The van der Waals surface area contributed by atoms with Gasteiger partial charge in [-0.05, 0) is 30.5 Å². The molecule has 1 unspecified atom stereocenters. The molecule has 1 aromatic carbocycles. The Hall–Kier alpha value is -2.36. The van der Waals surface area contributed by atoms with Crippen LogP contribution >= 0.6 is 0 Å². The summed E-state index contributed by atoms with van der Waals surface area (Å²) in [6.07, 6.45) is 3.72. The number of amides is 1. The van der Waals surface area contributed by atoms with Gasteiger partial charge in [-0.2, -0.15) is 0 Å². The van der Waals surface area contributed by atoms with Gasteiger partial charge in [0.25, 0.3) is 0 Å². The lowest BCUT2D eigenvalue weighted by Gasteiger charge is -2.42. The molecule has 0 spiro atoms. The van der Waals surface area contributed by atoms with E-state index in [1.165, 1.54) is 10.9 Å². The van der Waals surface area contributed by atoms with Gasteiger partial charge in [0.1, 0.15) is 11.8 Å². The van der Waals surface area contributed by atoms with Crippen molar-refractivity contribution in [3.05, 3.63) is 47.2 Å². The van der Waals surface area contributed by atoms with Crippen LogP contribution in [-0.2, 0) is 21.5 Å². The van der Waals surface area contributed by atoms with Gasteiger partial charge >= 0.3 is 0 Å². The predicted octanol–water partition coefficient (Wildman–Crippen LogP) is 2.30. The quantitative estimate of drug-likeness (QED) is 0.858. The highest BCUT2D eigenvalue weighted by Gasteiger charge is 2.51. The van der Waals surface area contributed by atoms with Crippen LogP contribution in [-0.4, -0.2) is 28.6 Å². The van der Waals surface area contributed by atoms with Gasteiger partial charge in [-0.25, -0.2) is 0 Å². The highest BCUT2D eigenvalue weighted by molar-refractivity contribution is 5.95. The third-order valence-electron chi connectivity index (χ3n) is 4.91. The summed E-state index contributed by atoms with van der Waals surface area (Å²) in [5.74, 6) is 0.0126. The van der Waals surface area contributed by atoms with Crippen molar-refractivity contribution in [3.63, 3.8) is 0 Å². The Morgan fingerprint density at radius 1 is 1.38 bits per heavy atom. The van der Waals surface area contributed by atoms with Gasteiger partial charge in [0.2, 0.25) is 5.91 Å². The van der Waals surface area contributed by atoms with E-state index in [1.807, 2.05) is 30.0 Å². The van der Waals surface area contributed by atoms with Crippen molar-refractivity contribution >= 4 is 23.1 Å². The topological polar surface area (TPSA) is 53.2 Å². The Morgan fingerprint density at radius 2 is 2.19 bits per heavy atom. The number of carbonyl (C=O) groups is 2. The Bertz CT molecular complexity index is 802. The van der Waals surface area contributed by atoms with E-state index in [1.54, 1.807) is 6.08 Å². The molecule has 4 nitrogen and oxygen atoms in total. The zero-order valence-electron chi connectivity index (χ0n) is 11.8. The Labute approximate surface area is 122 Å². The van der Waals surface area contributed by atoms with Crippen molar-refractivity contribution in [3.8, 4) is 0 Å². The lowest BCUT2D eigenvalue weighted by molar-refractivity contribution is -0.130. The van der Waals surface area contributed by atoms with Gasteiger partial charge in [-0.1, -0.05) is 18.2 Å². The molecule has 21 heavy (non-hydrogen) atoms. The molecular weight excluding hydrogens is 264 g/mol. The fourth-order valence-electron chi connectivity index (χ4n) is 3.95. The fourth-order valence-corrected chi connectivity index (χ4v) is 3.95. The van der Waals surface area contributed by atoms with Crippen molar-refractivity contribution in [1.29, 1.82) is 0 Å². The van der Waals surface area contributed by atoms with Gasteiger partial charge in [0, 0.05) is 29.9 Å². The maximum absolute atomic E-state index is 12.2. The standard InChI is InChI=1S/C17H16N2O2/c1-11-10-15(21)19-8-6-13-12-4-2-3-5-14(12)18-16(13)17(11,19)7-9-20/h2-5,9-10,18H,6-8H2,1H3. The second-order valence-corrected chi connectivity index (χ2v) is 5.82. The molecule has 106 valence electrons. The number of hydrogen-bond acceptors (Lipinski definition) is 2. The molecule has 1 aromatic heterocycles. The fraction of sp³-hybridized carbons (Fsp3) is 0.294. The average molecular weight is 280 g/mol. The highest BCUT2D eigenvalue weighted by atomic mass is 16.2. The second kappa shape index (κ2) is 4.07. The maximum Gasteiger partial charge on any atom is 0.247 e. The van der Waals surface area contributed by atoms with Crippen LogP contribution in [0.1, 0.15) is 24.6 Å². The van der Waals surface area contributed by atoms with Crippen LogP contribution in [0.5, 0.6) is 0 Å². The van der Waals surface area contributed by atoms with Crippen LogP contribution in [0.4, 0.5) is 0 Å². The summed E-state index contributed by atoms with van der Waals surface area (Å²) >= 11 is 0. The van der Waals surface area contributed by atoms with Crippen molar-refractivity contribution < 1.29 is 9.59 Å². The minimum atomic E-state index is -0.606. The lowest BCUT2D eigenvalue weighted by atomic mass is 9.79. The maximum atomic E-state index is 12.2. The van der Waals surface area contributed by atoms with E-state index in [0.717, 1.165) is 29.5 Å². The van der Waals surface area contributed by atoms with Crippen LogP contribution < -0.4 is 0 Å². The predicted molar refractivity (Wildman–Crippen MR) is 79.8 cm³/mol. The van der Waals surface area contributed by atoms with Crippen molar-refractivity contribution in [2.75, 3.05) is 6.54 Å². The van der Waals surface area contributed by atoms with Crippen molar-refractivity contribution in [2.24, 2.45) is 0 Å². The zero-order valence-corrected chi connectivity index (χ0v) is 11.8. The molecule has 0 bridgehead atoms. The number of nitrogens with one attached hydrogen (secondary N) is 1. The molecule has 2 aliphatic rings. The Balaban J connectivity index is 2.05. The van der Waals surface area contributed by atoms with Crippen molar-refractivity contribution in [2.45, 2.75) is 25.3 Å². The van der Waals surface area contributed by atoms with Crippen LogP contribution in [0.3, 0.4) is 0 Å². The summed E-state index contributed by atoms with van der Waals surface area (Å²) in [7, 11) is 0. The molecule has 2 aliphatic heterocycles. The average Bonchev–Trinajstić information content (AvgIpc) is 2.97. The lowest BCUT2D eigenvalue weighted by Crippen LogP contribution is -2.50. The summed E-state index contributed by atoms with van der Waals surface area (Å²) in [6.45, 7) is 2.61. The number of carbonyl (C=O) groups excluding carboxylic acids is 2. The van der Waals surface area contributed by atoms with E-state index in [-0.39, 0.29) is 5.91 Å². The zero-order chi connectivity index (χ0) is 14.6. The van der Waals surface area contributed by atoms with E-state index in [2.05, 4.69) is 11.1 Å². The van der Waals surface area contributed by atoms with Gasteiger partial charge in [0.15, 0.2) is 0 Å². The number of aromatic nitrogens is 1. The van der Waals surface area contributed by atoms with Crippen LogP contribution in [0.15, 0.2) is 35.9 Å². The summed E-state index contributed by atoms with van der Waals surface area (Å²) in [5.41, 5.74) is 3.67. The number of para-hydroxylation sites is 1. The smallest absolute Gasteiger partial charge is 0.247 e. The van der Waals surface area contributed by atoms with Crippen LogP contribution in [0.25, 0.3) is 10.9 Å². The van der Waals surface area contributed by atoms with Gasteiger partial charge in [-0.15, -0.1) is 0 Å². The van der Waals surface area contributed by atoms with Crippen molar-refractivity contribution in [1.82, 2.24) is 9.88 Å². The first-order chi connectivity index (χ1) is 10.2. The number of rotatable bonds is 2. The number of aldehydes is 1. The molecule has 1 atom stereocenters.